The Kier molecular flexibility index (Phi) is 6.60. The minimum absolute atomic E-state index is 0.0825. The molecule has 2 aromatic carbocycles. The van der Waals surface area contributed by atoms with Crippen molar-refractivity contribution in [3.8, 4) is 0 Å². The van der Waals surface area contributed by atoms with Crippen LogP contribution < -0.4 is 10.2 Å². The maximum atomic E-state index is 13.9. The quantitative estimate of drug-likeness (QED) is 0.552. The molecule has 7 nitrogen and oxygen atoms in total. The van der Waals surface area contributed by atoms with Crippen LogP contribution in [0, 0.1) is 11.6 Å². The van der Waals surface area contributed by atoms with Crippen molar-refractivity contribution in [1.82, 2.24) is 9.88 Å². The van der Waals surface area contributed by atoms with Gasteiger partial charge in [-0.25, -0.2) is 13.6 Å². The zero-order valence-corrected chi connectivity index (χ0v) is 18.5. The number of nitrogens with zero attached hydrogens (tertiary/aromatic N) is 2. The van der Waals surface area contributed by atoms with E-state index in [0.717, 1.165) is 5.69 Å². The van der Waals surface area contributed by atoms with Crippen molar-refractivity contribution in [1.29, 1.82) is 0 Å². The molecule has 2 N–H and O–H groups in total. The number of ether oxygens (including phenoxy) is 1. The fraction of sp³-hybridized carbons (Fsp3) is 0.333. The third-order valence-electron chi connectivity index (χ3n) is 5.92. The summed E-state index contributed by atoms with van der Waals surface area (Å²) in [5.74, 6) is -1.68. The molecule has 1 amide bonds. The number of aromatic nitrogens is 1. The molecule has 1 aromatic heterocycles. The van der Waals surface area contributed by atoms with E-state index in [2.05, 4.69) is 15.2 Å². The van der Waals surface area contributed by atoms with E-state index in [-0.39, 0.29) is 29.7 Å². The van der Waals surface area contributed by atoms with Crippen molar-refractivity contribution in [2.75, 3.05) is 43.0 Å². The predicted octanol–water partition coefficient (Wildman–Crippen LogP) is 3.77. The highest BCUT2D eigenvalue weighted by molar-refractivity contribution is 6.11. The number of piperazine rings is 1. The number of carbonyl (C=O) groups excluding carboxylic acids is 2. The molecule has 33 heavy (non-hydrogen) atoms. The van der Waals surface area contributed by atoms with Gasteiger partial charge in [0.25, 0.3) is 0 Å². The number of H-pyrrole nitrogens is 1. The lowest BCUT2D eigenvalue weighted by Crippen LogP contribution is -2.52. The number of aromatic amines is 1. The molecule has 3 aromatic rings. The Morgan fingerprint density at radius 2 is 1.73 bits per heavy atom. The molecule has 2 heterocycles. The second kappa shape index (κ2) is 9.58. The minimum atomic E-state index is -0.620. The number of hydrogen-bond donors (Lipinski definition) is 2. The maximum absolute atomic E-state index is 13.9. The molecule has 1 aliphatic heterocycles. The Balaban J connectivity index is 1.48. The Hall–Kier alpha value is -3.46. The zero-order chi connectivity index (χ0) is 23.5. The van der Waals surface area contributed by atoms with Gasteiger partial charge in [0.1, 0.15) is 17.3 Å². The first-order valence-corrected chi connectivity index (χ1v) is 10.9. The Morgan fingerprint density at radius 1 is 1.06 bits per heavy atom. The van der Waals surface area contributed by atoms with Gasteiger partial charge in [0.2, 0.25) is 5.91 Å². The fourth-order valence-electron chi connectivity index (χ4n) is 4.06. The number of benzene rings is 2. The van der Waals surface area contributed by atoms with E-state index < -0.39 is 17.8 Å². The summed E-state index contributed by atoms with van der Waals surface area (Å²) in [7, 11) is 0. The van der Waals surface area contributed by atoms with Gasteiger partial charge < -0.3 is 19.9 Å². The van der Waals surface area contributed by atoms with Crippen LogP contribution in [0.3, 0.4) is 0 Å². The number of rotatable bonds is 6. The van der Waals surface area contributed by atoms with Crippen LogP contribution in [0.25, 0.3) is 10.9 Å². The van der Waals surface area contributed by atoms with Gasteiger partial charge in [-0.2, -0.15) is 0 Å². The van der Waals surface area contributed by atoms with Gasteiger partial charge in [-0.15, -0.1) is 0 Å². The second-order valence-corrected chi connectivity index (χ2v) is 7.95. The molecule has 174 valence electrons. The summed E-state index contributed by atoms with van der Waals surface area (Å²) >= 11 is 0. The summed E-state index contributed by atoms with van der Waals surface area (Å²) in [6.07, 6.45) is 0. The Bertz CT molecular complexity index is 1150. The minimum Gasteiger partial charge on any atom is -0.461 e. The normalized spacial score (nSPS) is 15.5. The average Bonchev–Trinajstić information content (AvgIpc) is 3.17. The molecule has 0 saturated carbocycles. The van der Waals surface area contributed by atoms with Crippen molar-refractivity contribution in [3.63, 3.8) is 0 Å². The van der Waals surface area contributed by atoms with E-state index >= 15 is 0 Å². The van der Waals surface area contributed by atoms with Crippen molar-refractivity contribution in [3.05, 3.63) is 59.8 Å². The van der Waals surface area contributed by atoms with Crippen LogP contribution in [0.5, 0.6) is 0 Å². The number of carbonyl (C=O) groups is 2. The molecule has 1 atom stereocenters. The molecule has 1 aliphatic rings. The summed E-state index contributed by atoms with van der Waals surface area (Å²) in [6.45, 7) is 6.31. The van der Waals surface area contributed by atoms with E-state index in [1.54, 1.807) is 26.0 Å². The number of halogens is 2. The highest BCUT2D eigenvalue weighted by Crippen LogP contribution is 2.30. The van der Waals surface area contributed by atoms with Crippen molar-refractivity contribution in [2.24, 2.45) is 0 Å². The van der Waals surface area contributed by atoms with Gasteiger partial charge in [0.15, 0.2) is 0 Å². The molecule has 1 saturated heterocycles. The molecule has 0 aliphatic carbocycles. The first-order chi connectivity index (χ1) is 15.9. The summed E-state index contributed by atoms with van der Waals surface area (Å²) in [4.78, 5) is 32.6. The molecule has 1 unspecified atom stereocenters. The molecular formula is C24H26F2N4O3. The van der Waals surface area contributed by atoms with E-state index in [4.69, 9.17) is 4.74 Å². The van der Waals surface area contributed by atoms with Gasteiger partial charge in [-0.05, 0) is 56.3 Å². The smallest absolute Gasteiger partial charge is 0.356 e. The van der Waals surface area contributed by atoms with Crippen LogP contribution in [0.4, 0.5) is 20.2 Å². The Morgan fingerprint density at radius 3 is 2.39 bits per heavy atom. The van der Waals surface area contributed by atoms with Crippen LogP contribution in [0.2, 0.25) is 0 Å². The monoisotopic (exact) mass is 456 g/mol. The third-order valence-corrected chi connectivity index (χ3v) is 5.92. The van der Waals surface area contributed by atoms with Crippen molar-refractivity contribution < 1.29 is 23.1 Å². The van der Waals surface area contributed by atoms with Crippen LogP contribution >= 0.6 is 0 Å². The summed E-state index contributed by atoms with van der Waals surface area (Å²) < 4.78 is 32.2. The van der Waals surface area contributed by atoms with Crippen LogP contribution in [0.1, 0.15) is 24.3 Å². The third kappa shape index (κ3) is 4.83. The lowest BCUT2D eigenvalue weighted by atomic mass is 10.1. The zero-order valence-electron chi connectivity index (χ0n) is 18.5. The molecule has 0 radical (unpaired) electrons. The number of esters is 1. The van der Waals surface area contributed by atoms with Gasteiger partial charge >= 0.3 is 5.97 Å². The van der Waals surface area contributed by atoms with E-state index in [1.807, 2.05) is 4.90 Å². The standard InChI is InChI=1S/C24H26F2N4O3/c1-3-33-24(32)22-21(19-14-17(26)6-9-20(19)27-22)28-23(31)15(2)29-10-12-30(13-11-29)18-7-4-16(25)5-8-18/h4-9,14-15,27H,3,10-13H2,1-2H3,(H,28,31). The van der Waals surface area contributed by atoms with Crippen LogP contribution in [-0.2, 0) is 9.53 Å². The molecule has 9 heteroatoms. The lowest BCUT2D eigenvalue weighted by Gasteiger charge is -2.38. The number of nitrogens with one attached hydrogen (secondary N) is 2. The number of hydrogen-bond acceptors (Lipinski definition) is 5. The van der Waals surface area contributed by atoms with Gasteiger partial charge in [0.05, 0.1) is 18.3 Å². The van der Waals surface area contributed by atoms with Gasteiger partial charge in [-0.3, -0.25) is 9.69 Å². The summed E-state index contributed by atoms with van der Waals surface area (Å²) in [5.41, 5.74) is 1.76. The highest BCUT2D eigenvalue weighted by atomic mass is 19.1. The SMILES string of the molecule is CCOC(=O)c1[nH]c2ccc(F)cc2c1NC(=O)C(C)N1CCN(c2ccc(F)cc2)CC1. The molecular weight excluding hydrogens is 430 g/mol. The van der Waals surface area contributed by atoms with Crippen LogP contribution in [0.15, 0.2) is 42.5 Å². The average molecular weight is 456 g/mol. The van der Waals surface area contributed by atoms with Gasteiger partial charge in [0, 0.05) is 42.8 Å². The van der Waals surface area contributed by atoms with Crippen molar-refractivity contribution >= 4 is 34.2 Å². The summed E-state index contributed by atoms with van der Waals surface area (Å²) in [5, 5.41) is 3.21. The number of anilines is 2. The summed E-state index contributed by atoms with van der Waals surface area (Å²) in [6, 6.07) is 9.95. The topological polar surface area (TPSA) is 77.7 Å². The lowest BCUT2D eigenvalue weighted by molar-refractivity contribution is -0.120. The number of fused-ring (bicyclic) bond motifs is 1. The molecule has 1 fully saturated rings. The van der Waals surface area contributed by atoms with Crippen LogP contribution in [-0.4, -0.2) is 60.6 Å². The first kappa shape index (κ1) is 22.7. The van der Waals surface area contributed by atoms with E-state index in [9.17, 15) is 18.4 Å². The van der Waals surface area contributed by atoms with Gasteiger partial charge in [-0.1, -0.05) is 0 Å². The first-order valence-electron chi connectivity index (χ1n) is 10.9. The molecule has 4 rings (SSSR count). The molecule has 0 spiro atoms. The van der Waals surface area contributed by atoms with E-state index in [1.165, 1.54) is 30.3 Å². The van der Waals surface area contributed by atoms with Crippen molar-refractivity contribution in [2.45, 2.75) is 19.9 Å². The van der Waals surface area contributed by atoms with E-state index in [0.29, 0.717) is 37.1 Å². The number of amides is 1. The fourth-order valence-corrected chi connectivity index (χ4v) is 4.06. The largest absolute Gasteiger partial charge is 0.461 e. The predicted molar refractivity (Wildman–Crippen MR) is 122 cm³/mol. The Labute approximate surface area is 190 Å². The highest BCUT2D eigenvalue weighted by Gasteiger charge is 2.28. The second-order valence-electron chi connectivity index (χ2n) is 7.95. The molecule has 0 bridgehead atoms. The maximum Gasteiger partial charge on any atom is 0.356 e.